The van der Waals surface area contributed by atoms with Crippen LogP contribution in [0.2, 0.25) is 0 Å². The summed E-state index contributed by atoms with van der Waals surface area (Å²) >= 11 is 0. The summed E-state index contributed by atoms with van der Waals surface area (Å²) < 4.78 is 8.80. The Bertz CT molecular complexity index is 546. The second-order valence-electron chi connectivity index (χ2n) is 4.40. The number of hydrogen-bond acceptors (Lipinski definition) is 3. The predicted octanol–water partition coefficient (Wildman–Crippen LogP) is 1.37. The fraction of sp³-hybridized carbons (Fsp3) is 0.429. The van der Waals surface area contributed by atoms with E-state index in [4.69, 9.17) is 4.74 Å². The van der Waals surface area contributed by atoms with Gasteiger partial charge in [0.15, 0.2) is 0 Å². The number of carbonyl (C=O) groups excluding carboxylic acids is 1. The van der Waals surface area contributed by atoms with Crippen molar-refractivity contribution in [3.63, 3.8) is 0 Å². The van der Waals surface area contributed by atoms with Crippen LogP contribution in [-0.2, 0) is 11.8 Å². The quantitative estimate of drug-likeness (QED) is 0.777. The highest BCUT2D eigenvalue weighted by Crippen LogP contribution is 2.13. The molecule has 0 saturated heterocycles. The number of amides is 1. The SMILES string of the molecule is CCOCCCNC(=O)c1cnn(C)c1-n1cccc1. The molecule has 2 heterocycles. The minimum atomic E-state index is -0.113. The minimum absolute atomic E-state index is 0.113. The van der Waals surface area contributed by atoms with Gasteiger partial charge >= 0.3 is 0 Å². The van der Waals surface area contributed by atoms with Gasteiger partial charge in [-0.05, 0) is 25.5 Å². The van der Waals surface area contributed by atoms with Gasteiger partial charge in [0.05, 0.1) is 6.20 Å². The first kappa shape index (κ1) is 14.3. The number of aromatic nitrogens is 3. The Labute approximate surface area is 118 Å². The molecule has 2 aromatic rings. The van der Waals surface area contributed by atoms with Crippen LogP contribution in [0.4, 0.5) is 0 Å². The zero-order chi connectivity index (χ0) is 14.4. The van der Waals surface area contributed by atoms with E-state index in [9.17, 15) is 4.79 Å². The number of carbonyl (C=O) groups is 1. The standard InChI is InChI=1S/C14H20N4O2/c1-3-20-10-6-7-15-13(19)12-11-16-17(2)14(12)18-8-4-5-9-18/h4-5,8-9,11H,3,6-7,10H2,1-2H3,(H,15,19). The molecule has 6 nitrogen and oxygen atoms in total. The van der Waals surface area contributed by atoms with E-state index in [1.807, 2.05) is 43.1 Å². The molecule has 20 heavy (non-hydrogen) atoms. The van der Waals surface area contributed by atoms with Gasteiger partial charge in [-0.3, -0.25) is 9.48 Å². The van der Waals surface area contributed by atoms with Gasteiger partial charge in [0, 0.05) is 39.2 Å². The highest BCUT2D eigenvalue weighted by atomic mass is 16.5. The van der Waals surface area contributed by atoms with Crippen LogP contribution in [0.3, 0.4) is 0 Å². The lowest BCUT2D eigenvalue weighted by Gasteiger charge is -2.08. The van der Waals surface area contributed by atoms with Crippen molar-refractivity contribution in [2.45, 2.75) is 13.3 Å². The molecule has 0 aliphatic carbocycles. The van der Waals surface area contributed by atoms with Crippen molar-refractivity contribution in [2.75, 3.05) is 19.8 Å². The average molecular weight is 276 g/mol. The summed E-state index contributed by atoms with van der Waals surface area (Å²) in [6.45, 7) is 3.92. The van der Waals surface area contributed by atoms with Crippen molar-refractivity contribution in [1.82, 2.24) is 19.7 Å². The van der Waals surface area contributed by atoms with E-state index in [2.05, 4.69) is 10.4 Å². The molecular weight excluding hydrogens is 256 g/mol. The van der Waals surface area contributed by atoms with Gasteiger partial charge in [0.2, 0.25) is 0 Å². The summed E-state index contributed by atoms with van der Waals surface area (Å²) in [7, 11) is 1.82. The number of nitrogens with one attached hydrogen (secondary N) is 1. The first-order valence-electron chi connectivity index (χ1n) is 6.75. The van der Waals surface area contributed by atoms with E-state index in [0.717, 1.165) is 12.2 Å². The summed E-state index contributed by atoms with van der Waals surface area (Å²) in [4.78, 5) is 12.2. The Kier molecular flexibility index (Phi) is 4.95. The van der Waals surface area contributed by atoms with Crippen LogP contribution < -0.4 is 5.32 Å². The van der Waals surface area contributed by atoms with E-state index < -0.39 is 0 Å². The molecule has 0 aliphatic heterocycles. The van der Waals surface area contributed by atoms with Crippen molar-refractivity contribution in [3.8, 4) is 5.82 Å². The molecule has 108 valence electrons. The lowest BCUT2D eigenvalue weighted by molar-refractivity contribution is 0.0944. The van der Waals surface area contributed by atoms with Crippen molar-refractivity contribution in [3.05, 3.63) is 36.3 Å². The molecule has 0 fully saturated rings. The molecule has 0 aliphatic rings. The summed E-state index contributed by atoms with van der Waals surface area (Å²) in [5, 5.41) is 7.05. The third kappa shape index (κ3) is 3.27. The largest absolute Gasteiger partial charge is 0.382 e. The molecule has 0 aromatic carbocycles. The van der Waals surface area contributed by atoms with Crippen LogP contribution >= 0.6 is 0 Å². The average Bonchev–Trinajstić information content (AvgIpc) is 3.07. The van der Waals surface area contributed by atoms with Gasteiger partial charge in [-0.25, -0.2) is 0 Å². The van der Waals surface area contributed by atoms with Gasteiger partial charge in [-0.1, -0.05) is 0 Å². The summed E-state index contributed by atoms with van der Waals surface area (Å²) in [5.74, 6) is 0.649. The number of rotatable bonds is 7. The van der Waals surface area contributed by atoms with E-state index in [0.29, 0.717) is 25.3 Å². The molecule has 0 unspecified atom stereocenters. The first-order chi connectivity index (χ1) is 9.74. The third-order valence-electron chi connectivity index (χ3n) is 2.96. The first-order valence-corrected chi connectivity index (χ1v) is 6.75. The molecule has 0 radical (unpaired) electrons. The third-order valence-corrected chi connectivity index (χ3v) is 2.96. The van der Waals surface area contributed by atoms with Crippen molar-refractivity contribution < 1.29 is 9.53 Å². The van der Waals surface area contributed by atoms with Crippen molar-refractivity contribution in [2.24, 2.45) is 7.05 Å². The van der Waals surface area contributed by atoms with Crippen molar-refractivity contribution >= 4 is 5.91 Å². The molecular formula is C14H20N4O2. The molecule has 2 rings (SSSR count). The van der Waals surface area contributed by atoms with E-state index in [1.54, 1.807) is 10.9 Å². The van der Waals surface area contributed by atoms with Crippen LogP contribution in [0, 0.1) is 0 Å². The molecule has 1 N–H and O–H groups in total. The van der Waals surface area contributed by atoms with Crippen LogP contribution in [0.5, 0.6) is 0 Å². The van der Waals surface area contributed by atoms with Crippen LogP contribution in [0.25, 0.3) is 5.82 Å². The van der Waals surface area contributed by atoms with Crippen LogP contribution in [-0.4, -0.2) is 40.0 Å². The summed E-state index contributed by atoms with van der Waals surface area (Å²) in [6.07, 6.45) is 6.18. The van der Waals surface area contributed by atoms with Crippen molar-refractivity contribution in [1.29, 1.82) is 0 Å². The number of hydrogen-bond donors (Lipinski definition) is 1. The second-order valence-corrected chi connectivity index (χ2v) is 4.40. The monoisotopic (exact) mass is 276 g/mol. The lowest BCUT2D eigenvalue weighted by Crippen LogP contribution is -2.26. The fourth-order valence-electron chi connectivity index (χ4n) is 1.99. The molecule has 0 bridgehead atoms. The van der Waals surface area contributed by atoms with E-state index in [-0.39, 0.29) is 5.91 Å². The topological polar surface area (TPSA) is 61.1 Å². The minimum Gasteiger partial charge on any atom is -0.382 e. The van der Waals surface area contributed by atoms with Gasteiger partial charge in [-0.2, -0.15) is 5.10 Å². The summed E-state index contributed by atoms with van der Waals surface area (Å²) in [5.41, 5.74) is 0.570. The highest BCUT2D eigenvalue weighted by molar-refractivity contribution is 5.97. The number of aryl methyl sites for hydroxylation is 1. The Morgan fingerprint density at radius 2 is 2.15 bits per heavy atom. The Balaban J connectivity index is 2.00. The molecule has 6 heteroatoms. The van der Waals surface area contributed by atoms with E-state index in [1.165, 1.54) is 0 Å². The van der Waals surface area contributed by atoms with Gasteiger partial charge in [0.25, 0.3) is 5.91 Å². The van der Waals surface area contributed by atoms with Crippen LogP contribution in [0.1, 0.15) is 23.7 Å². The Morgan fingerprint density at radius 3 is 2.85 bits per heavy atom. The molecule has 0 saturated carbocycles. The smallest absolute Gasteiger partial charge is 0.256 e. The van der Waals surface area contributed by atoms with Gasteiger partial charge in [0.1, 0.15) is 11.4 Å². The maximum Gasteiger partial charge on any atom is 0.256 e. The fourth-order valence-corrected chi connectivity index (χ4v) is 1.99. The maximum absolute atomic E-state index is 12.2. The number of nitrogens with zero attached hydrogens (tertiary/aromatic N) is 3. The maximum atomic E-state index is 12.2. The van der Waals surface area contributed by atoms with E-state index >= 15 is 0 Å². The molecule has 0 atom stereocenters. The zero-order valence-electron chi connectivity index (χ0n) is 11.9. The number of ether oxygens (including phenoxy) is 1. The molecule has 0 spiro atoms. The summed E-state index contributed by atoms with van der Waals surface area (Å²) in [6, 6.07) is 3.83. The van der Waals surface area contributed by atoms with Crippen LogP contribution in [0.15, 0.2) is 30.7 Å². The predicted molar refractivity (Wildman–Crippen MR) is 76.0 cm³/mol. The highest BCUT2D eigenvalue weighted by Gasteiger charge is 2.16. The molecule has 2 aromatic heterocycles. The van der Waals surface area contributed by atoms with Gasteiger partial charge in [-0.15, -0.1) is 0 Å². The van der Waals surface area contributed by atoms with Gasteiger partial charge < -0.3 is 14.6 Å². The second kappa shape index (κ2) is 6.91. The lowest BCUT2D eigenvalue weighted by atomic mass is 10.3. The normalized spacial score (nSPS) is 10.7. The Morgan fingerprint density at radius 1 is 1.40 bits per heavy atom. The Hall–Kier alpha value is -2.08. The molecule has 1 amide bonds. The zero-order valence-corrected chi connectivity index (χ0v) is 11.9.